The Morgan fingerprint density at radius 2 is 2.18 bits per heavy atom. The normalized spacial score (nSPS) is 14.9. The Kier molecular flexibility index (Phi) is 3.42. The molecule has 4 heteroatoms. The van der Waals surface area contributed by atoms with Gasteiger partial charge < -0.3 is 9.64 Å². The van der Waals surface area contributed by atoms with Crippen LogP contribution in [0.15, 0.2) is 24.3 Å². The molecule has 1 amide bonds. The minimum atomic E-state index is 0.0104. The number of hydrogen-bond acceptors (Lipinski definition) is 3. The first-order valence-electron chi connectivity index (χ1n) is 5.70. The SMILES string of the molecule is CC(=O)CCN1C(=O)CCOc2ccccc21. The van der Waals surface area contributed by atoms with E-state index in [0.29, 0.717) is 31.7 Å². The molecule has 4 nitrogen and oxygen atoms in total. The number of carbonyl (C=O) groups is 2. The van der Waals surface area contributed by atoms with Gasteiger partial charge in [0.05, 0.1) is 18.7 Å². The van der Waals surface area contributed by atoms with Crippen LogP contribution in [0, 0.1) is 0 Å². The van der Waals surface area contributed by atoms with Crippen LogP contribution < -0.4 is 9.64 Å². The van der Waals surface area contributed by atoms with Gasteiger partial charge in [-0.3, -0.25) is 9.59 Å². The van der Waals surface area contributed by atoms with Crippen LogP contribution in [0.5, 0.6) is 5.75 Å². The number of anilines is 1. The number of amides is 1. The largest absolute Gasteiger partial charge is 0.491 e. The first-order valence-corrected chi connectivity index (χ1v) is 5.70. The minimum absolute atomic E-state index is 0.0104. The van der Waals surface area contributed by atoms with Crippen molar-refractivity contribution >= 4 is 17.4 Å². The third-order valence-corrected chi connectivity index (χ3v) is 2.72. The Morgan fingerprint density at radius 1 is 1.41 bits per heavy atom. The van der Waals surface area contributed by atoms with Crippen LogP contribution in [-0.2, 0) is 9.59 Å². The van der Waals surface area contributed by atoms with Crippen molar-refractivity contribution in [3.05, 3.63) is 24.3 Å². The molecule has 0 aliphatic carbocycles. The molecule has 0 spiro atoms. The monoisotopic (exact) mass is 233 g/mol. The number of ether oxygens (including phenoxy) is 1. The van der Waals surface area contributed by atoms with Gasteiger partial charge in [0.25, 0.3) is 0 Å². The first-order chi connectivity index (χ1) is 8.18. The summed E-state index contributed by atoms with van der Waals surface area (Å²) in [5, 5.41) is 0. The number of Topliss-reactive ketones (excluding diaryl/α,β-unsaturated/α-hetero) is 1. The van der Waals surface area contributed by atoms with E-state index in [0.717, 1.165) is 5.69 Å². The second-order valence-corrected chi connectivity index (χ2v) is 4.06. The number of ketones is 1. The summed E-state index contributed by atoms with van der Waals surface area (Å²) in [6, 6.07) is 7.42. The van der Waals surface area contributed by atoms with Gasteiger partial charge in [0.1, 0.15) is 11.5 Å². The van der Waals surface area contributed by atoms with E-state index < -0.39 is 0 Å². The van der Waals surface area contributed by atoms with Gasteiger partial charge >= 0.3 is 0 Å². The third-order valence-electron chi connectivity index (χ3n) is 2.72. The summed E-state index contributed by atoms with van der Waals surface area (Å²) in [7, 11) is 0. The topological polar surface area (TPSA) is 46.6 Å². The summed E-state index contributed by atoms with van der Waals surface area (Å²) in [5.41, 5.74) is 0.760. The van der Waals surface area contributed by atoms with Crippen molar-refractivity contribution < 1.29 is 14.3 Å². The molecule has 90 valence electrons. The molecule has 0 saturated heterocycles. The fraction of sp³-hybridized carbons (Fsp3) is 0.385. The number of benzene rings is 1. The Balaban J connectivity index is 2.27. The second kappa shape index (κ2) is 4.99. The van der Waals surface area contributed by atoms with Crippen LogP contribution >= 0.6 is 0 Å². The number of para-hydroxylation sites is 2. The summed E-state index contributed by atoms with van der Waals surface area (Å²) >= 11 is 0. The number of hydrogen-bond donors (Lipinski definition) is 0. The highest BCUT2D eigenvalue weighted by Crippen LogP contribution is 2.30. The van der Waals surface area contributed by atoms with Gasteiger partial charge in [0.15, 0.2) is 0 Å². The maximum Gasteiger partial charge on any atom is 0.230 e. The molecule has 2 rings (SSSR count). The van der Waals surface area contributed by atoms with E-state index in [1.165, 1.54) is 6.92 Å². The van der Waals surface area contributed by atoms with Crippen LogP contribution in [-0.4, -0.2) is 24.8 Å². The van der Waals surface area contributed by atoms with Gasteiger partial charge in [0.2, 0.25) is 5.91 Å². The van der Waals surface area contributed by atoms with Crippen molar-refractivity contribution in [2.24, 2.45) is 0 Å². The van der Waals surface area contributed by atoms with Crippen molar-refractivity contribution in [2.45, 2.75) is 19.8 Å². The van der Waals surface area contributed by atoms with Crippen molar-refractivity contribution in [1.82, 2.24) is 0 Å². The van der Waals surface area contributed by atoms with E-state index in [-0.39, 0.29) is 11.7 Å². The molecule has 0 fully saturated rings. The molecule has 17 heavy (non-hydrogen) atoms. The Hall–Kier alpha value is -1.84. The lowest BCUT2D eigenvalue weighted by Gasteiger charge is -2.21. The zero-order valence-electron chi connectivity index (χ0n) is 9.81. The predicted molar refractivity (Wildman–Crippen MR) is 64.2 cm³/mol. The lowest BCUT2D eigenvalue weighted by atomic mass is 10.2. The highest BCUT2D eigenvalue weighted by atomic mass is 16.5. The van der Waals surface area contributed by atoms with Crippen LogP contribution in [0.3, 0.4) is 0 Å². The quantitative estimate of drug-likeness (QED) is 0.799. The fourth-order valence-corrected chi connectivity index (χ4v) is 1.83. The maximum atomic E-state index is 11.9. The number of carbonyl (C=O) groups excluding carboxylic acids is 2. The second-order valence-electron chi connectivity index (χ2n) is 4.06. The zero-order valence-corrected chi connectivity index (χ0v) is 9.81. The van der Waals surface area contributed by atoms with Crippen molar-refractivity contribution in [1.29, 1.82) is 0 Å². The number of rotatable bonds is 3. The van der Waals surface area contributed by atoms with Gasteiger partial charge in [-0.15, -0.1) is 0 Å². The number of nitrogens with zero attached hydrogens (tertiary/aromatic N) is 1. The summed E-state index contributed by atoms with van der Waals surface area (Å²) in [4.78, 5) is 24.6. The molecule has 1 aliphatic heterocycles. The van der Waals surface area contributed by atoms with Crippen molar-refractivity contribution in [2.75, 3.05) is 18.1 Å². The highest BCUT2D eigenvalue weighted by Gasteiger charge is 2.22. The van der Waals surface area contributed by atoms with Crippen LogP contribution in [0.2, 0.25) is 0 Å². The molecular weight excluding hydrogens is 218 g/mol. The Bertz CT molecular complexity index is 442. The molecule has 0 bridgehead atoms. The van der Waals surface area contributed by atoms with Crippen LogP contribution in [0.1, 0.15) is 19.8 Å². The summed E-state index contributed by atoms with van der Waals surface area (Å²) in [6.45, 7) is 2.35. The average molecular weight is 233 g/mol. The molecule has 0 saturated carbocycles. The Morgan fingerprint density at radius 3 is 2.94 bits per heavy atom. The molecule has 1 aromatic rings. The molecule has 1 aromatic carbocycles. The average Bonchev–Trinajstić information content (AvgIpc) is 2.45. The molecule has 0 unspecified atom stereocenters. The van der Waals surface area contributed by atoms with Gasteiger partial charge in [0, 0.05) is 13.0 Å². The summed E-state index contributed by atoms with van der Waals surface area (Å²) in [5.74, 6) is 0.804. The van der Waals surface area contributed by atoms with Gasteiger partial charge in [-0.2, -0.15) is 0 Å². The number of fused-ring (bicyclic) bond motifs is 1. The van der Waals surface area contributed by atoms with Crippen LogP contribution in [0.25, 0.3) is 0 Å². The van der Waals surface area contributed by atoms with E-state index in [1.54, 1.807) is 4.90 Å². The van der Waals surface area contributed by atoms with Gasteiger partial charge in [-0.25, -0.2) is 0 Å². The van der Waals surface area contributed by atoms with E-state index >= 15 is 0 Å². The molecule has 0 aromatic heterocycles. The van der Waals surface area contributed by atoms with E-state index in [9.17, 15) is 9.59 Å². The van der Waals surface area contributed by atoms with E-state index in [2.05, 4.69) is 0 Å². The molecule has 1 aliphatic rings. The standard InChI is InChI=1S/C13H15NO3/c1-10(15)6-8-14-11-4-2-3-5-12(11)17-9-7-13(14)16/h2-5H,6-9H2,1H3. The van der Waals surface area contributed by atoms with Gasteiger partial charge in [-0.1, -0.05) is 12.1 Å². The van der Waals surface area contributed by atoms with Crippen molar-refractivity contribution in [3.63, 3.8) is 0 Å². The van der Waals surface area contributed by atoms with Crippen LogP contribution in [0.4, 0.5) is 5.69 Å². The minimum Gasteiger partial charge on any atom is -0.491 e. The third kappa shape index (κ3) is 2.64. The first kappa shape index (κ1) is 11.6. The highest BCUT2D eigenvalue weighted by molar-refractivity contribution is 5.96. The van der Waals surface area contributed by atoms with E-state index in [1.807, 2.05) is 24.3 Å². The molecule has 1 heterocycles. The Labute approximate surface area is 100 Å². The van der Waals surface area contributed by atoms with E-state index in [4.69, 9.17) is 4.74 Å². The molecule has 0 N–H and O–H groups in total. The predicted octanol–water partition coefficient (Wildman–Crippen LogP) is 1.78. The van der Waals surface area contributed by atoms with Gasteiger partial charge in [-0.05, 0) is 19.1 Å². The summed E-state index contributed by atoms with van der Waals surface area (Å²) in [6.07, 6.45) is 0.729. The lowest BCUT2D eigenvalue weighted by Crippen LogP contribution is -2.32. The molecule has 0 atom stereocenters. The maximum absolute atomic E-state index is 11.9. The fourth-order valence-electron chi connectivity index (χ4n) is 1.83. The van der Waals surface area contributed by atoms with Crippen molar-refractivity contribution in [3.8, 4) is 5.75 Å². The lowest BCUT2D eigenvalue weighted by molar-refractivity contribution is -0.119. The smallest absolute Gasteiger partial charge is 0.230 e. The molecule has 0 radical (unpaired) electrons. The summed E-state index contributed by atoms with van der Waals surface area (Å²) < 4.78 is 5.51. The zero-order chi connectivity index (χ0) is 12.3. The molecular formula is C13H15NO3.